The number of anilines is 1. The van der Waals surface area contributed by atoms with Crippen molar-refractivity contribution < 1.29 is 18.7 Å². The van der Waals surface area contributed by atoms with E-state index in [0.717, 1.165) is 0 Å². The van der Waals surface area contributed by atoms with Crippen LogP contribution in [0.3, 0.4) is 0 Å². The highest BCUT2D eigenvalue weighted by Crippen LogP contribution is 2.34. The Morgan fingerprint density at radius 3 is 2.55 bits per heavy atom. The maximum atomic E-state index is 12.1. The van der Waals surface area contributed by atoms with Gasteiger partial charge in [-0.25, -0.2) is 4.79 Å². The molecule has 5 nitrogen and oxygen atoms in total. The summed E-state index contributed by atoms with van der Waals surface area (Å²) in [5.41, 5.74) is 1.65. The number of esters is 1. The van der Waals surface area contributed by atoms with Crippen LogP contribution in [0.1, 0.15) is 23.0 Å². The largest absolute Gasteiger partial charge is 0.462 e. The quantitative estimate of drug-likeness (QED) is 0.380. The average Bonchev–Trinajstić information content (AvgIpc) is 3.18. The van der Waals surface area contributed by atoms with Crippen molar-refractivity contribution in [1.82, 2.24) is 0 Å². The van der Waals surface area contributed by atoms with Crippen molar-refractivity contribution >= 4 is 46.8 Å². The van der Waals surface area contributed by atoms with E-state index >= 15 is 0 Å². The standard InChI is InChI=1S/C22H17Cl2NO4/c1-2-28-22(27)14-6-8-15(9-7-14)25-20(26)13-11-16-10-12-19(29-16)17-4-3-5-18(23)21(17)24/h3-13H,2H2,1H3,(H,25,26). The molecule has 1 N–H and O–H groups in total. The summed E-state index contributed by atoms with van der Waals surface area (Å²) in [6.45, 7) is 2.05. The van der Waals surface area contributed by atoms with Crippen molar-refractivity contribution in [2.24, 2.45) is 0 Å². The number of carbonyl (C=O) groups is 2. The molecule has 0 saturated carbocycles. The van der Waals surface area contributed by atoms with Gasteiger partial charge in [-0.05, 0) is 61.5 Å². The second-order valence-corrected chi connectivity index (χ2v) is 6.71. The number of carbonyl (C=O) groups excluding carboxylic acids is 2. The zero-order chi connectivity index (χ0) is 20.8. The van der Waals surface area contributed by atoms with Crippen LogP contribution < -0.4 is 5.32 Å². The van der Waals surface area contributed by atoms with E-state index < -0.39 is 5.97 Å². The molecular weight excluding hydrogens is 413 g/mol. The number of rotatable bonds is 6. The maximum Gasteiger partial charge on any atom is 0.338 e. The Labute approximate surface area is 177 Å². The minimum Gasteiger partial charge on any atom is -0.462 e. The summed E-state index contributed by atoms with van der Waals surface area (Å²) in [5.74, 6) is 0.294. The lowest BCUT2D eigenvalue weighted by Gasteiger charge is -2.04. The number of hydrogen-bond acceptors (Lipinski definition) is 4. The van der Waals surface area contributed by atoms with E-state index in [0.29, 0.717) is 45.0 Å². The number of ether oxygens (including phenoxy) is 1. The van der Waals surface area contributed by atoms with Gasteiger partial charge in [-0.1, -0.05) is 29.3 Å². The topological polar surface area (TPSA) is 68.5 Å². The molecule has 148 valence electrons. The van der Waals surface area contributed by atoms with Gasteiger partial charge in [-0.3, -0.25) is 4.79 Å². The number of halogens is 2. The summed E-state index contributed by atoms with van der Waals surface area (Å²) in [7, 11) is 0. The number of hydrogen-bond donors (Lipinski definition) is 1. The molecule has 2 aromatic carbocycles. The Bertz CT molecular complexity index is 1050. The molecule has 1 amide bonds. The molecule has 0 atom stereocenters. The van der Waals surface area contributed by atoms with Crippen LogP contribution >= 0.6 is 23.2 Å². The fraction of sp³-hybridized carbons (Fsp3) is 0.0909. The van der Waals surface area contributed by atoms with Crippen LogP contribution in [0.15, 0.2) is 65.1 Å². The second kappa shape index (κ2) is 9.45. The van der Waals surface area contributed by atoms with Crippen molar-refractivity contribution in [2.45, 2.75) is 6.92 Å². The second-order valence-electron chi connectivity index (χ2n) is 5.92. The summed E-state index contributed by atoms with van der Waals surface area (Å²) in [6.07, 6.45) is 2.89. The maximum absolute atomic E-state index is 12.1. The third kappa shape index (κ3) is 5.28. The van der Waals surface area contributed by atoms with Crippen molar-refractivity contribution in [3.05, 3.63) is 82.0 Å². The fourth-order valence-electron chi connectivity index (χ4n) is 2.53. The third-order valence-electron chi connectivity index (χ3n) is 3.91. The van der Waals surface area contributed by atoms with Gasteiger partial charge in [0.05, 0.1) is 22.2 Å². The van der Waals surface area contributed by atoms with E-state index in [4.69, 9.17) is 32.4 Å². The molecule has 0 saturated heterocycles. The highest BCUT2D eigenvalue weighted by atomic mass is 35.5. The molecule has 0 radical (unpaired) electrons. The Morgan fingerprint density at radius 1 is 1.07 bits per heavy atom. The monoisotopic (exact) mass is 429 g/mol. The van der Waals surface area contributed by atoms with E-state index in [1.54, 1.807) is 67.6 Å². The molecule has 0 fully saturated rings. The summed E-state index contributed by atoms with van der Waals surface area (Å²) < 4.78 is 10.6. The van der Waals surface area contributed by atoms with Crippen LogP contribution in [0.5, 0.6) is 0 Å². The highest BCUT2D eigenvalue weighted by molar-refractivity contribution is 6.43. The molecule has 3 rings (SSSR count). The first-order chi connectivity index (χ1) is 14.0. The molecule has 7 heteroatoms. The van der Waals surface area contributed by atoms with Crippen LogP contribution in [-0.4, -0.2) is 18.5 Å². The Kier molecular flexibility index (Phi) is 6.75. The zero-order valence-corrected chi connectivity index (χ0v) is 17.0. The molecule has 0 spiro atoms. The molecular formula is C22H17Cl2NO4. The first kappa shape index (κ1) is 20.7. The van der Waals surface area contributed by atoms with Gasteiger partial charge in [0.2, 0.25) is 5.91 Å². The van der Waals surface area contributed by atoms with Crippen LogP contribution in [0, 0.1) is 0 Å². The number of amides is 1. The van der Waals surface area contributed by atoms with Crippen LogP contribution in [0.4, 0.5) is 5.69 Å². The van der Waals surface area contributed by atoms with Crippen molar-refractivity contribution in [3.8, 4) is 11.3 Å². The minimum absolute atomic E-state index is 0.306. The van der Waals surface area contributed by atoms with Gasteiger partial charge < -0.3 is 14.5 Å². The summed E-state index contributed by atoms with van der Waals surface area (Å²) in [5, 5.41) is 3.55. The van der Waals surface area contributed by atoms with Crippen LogP contribution in [0.25, 0.3) is 17.4 Å². The normalized spacial score (nSPS) is 10.9. The smallest absolute Gasteiger partial charge is 0.338 e. The Hall–Kier alpha value is -3.02. The molecule has 1 heterocycles. The first-order valence-corrected chi connectivity index (χ1v) is 9.54. The minimum atomic E-state index is -0.404. The molecule has 0 aliphatic heterocycles. The average molecular weight is 430 g/mol. The van der Waals surface area contributed by atoms with Crippen molar-refractivity contribution in [3.63, 3.8) is 0 Å². The zero-order valence-electron chi connectivity index (χ0n) is 15.4. The number of furan rings is 1. The van der Waals surface area contributed by atoms with E-state index in [-0.39, 0.29) is 5.91 Å². The lowest BCUT2D eigenvalue weighted by Crippen LogP contribution is -2.08. The van der Waals surface area contributed by atoms with Gasteiger partial charge in [0.1, 0.15) is 11.5 Å². The highest BCUT2D eigenvalue weighted by Gasteiger charge is 2.10. The molecule has 3 aromatic rings. The van der Waals surface area contributed by atoms with E-state index in [1.807, 2.05) is 0 Å². The molecule has 29 heavy (non-hydrogen) atoms. The van der Waals surface area contributed by atoms with E-state index in [9.17, 15) is 9.59 Å². The predicted octanol–water partition coefficient (Wildman–Crippen LogP) is 6.08. The van der Waals surface area contributed by atoms with Gasteiger partial charge in [0.15, 0.2) is 0 Å². The third-order valence-corrected chi connectivity index (χ3v) is 4.73. The Balaban J connectivity index is 1.63. The SMILES string of the molecule is CCOC(=O)c1ccc(NC(=O)C=Cc2ccc(-c3cccc(Cl)c3Cl)o2)cc1. The van der Waals surface area contributed by atoms with Gasteiger partial charge >= 0.3 is 5.97 Å². The van der Waals surface area contributed by atoms with Crippen LogP contribution in [-0.2, 0) is 9.53 Å². The van der Waals surface area contributed by atoms with Gasteiger partial charge in [0.25, 0.3) is 0 Å². The molecule has 0 bridgehead atoms. The van der Waals surface area contributed by atoms with Gasteiger partial charge in [-0.2, -0.15) is 0 Å². The number of nitrogens with one attached hydrogen (secondary N) is 1. The van der Waals surface area contributed by atoms with E-state index in [2.05, 4.69) is 5.32 Å². The van der Waals surface area contributed by atoms with Gasteiger partial charge in [0, 0.05) is 17.3 Å². The lowest BCUT2D eigenvalue weighted by molar-refractivity contribution is -0.111. The van der Waals surface area contributed by atoms with Crippen molar-refractivity contribution in [2.75, 3.05) is 11.9 Å². The summed E-state index contributed by atoms with van der Waals surface area (Å²) in [4.78, 5) is 23.7. The summed E-state index contributed by atoms with van der Waals surface area (Å²) in [6, 6.07) is 15.2. The van der Waals surface area contributed by atoms with Gasteiger partial charge in [-0.15, -0.1) is 0 Å². The fourth-order valence-corrected chi connectivity index (χ4v) is 2.92. The molecule has 0 unspecified atom stereocenters. The first-order valence-electron chi connectivity index (χ1n) is 8.78. The number of benzene rings is 2. The lowest BCUT2D eigenvalue weighted by atomic mass is 10.2. The van der Waals surface area contributed by atoms with Crippen LogP contribution in [0.2, 0.25) is 10.0 Å². The van der Waals surface area contributed by atoms with Crippen molar-refractivity contribution in [1.29, 1.82) is 0 Å². The molecule has 0 aliphatic rings. The summed E-state index contributed by atoms with van der Waals surface area (Å²) >= 11 is 12.2. The Morgan fingerprint density at radius 2 is 1.83 bits per heavy atom. The molecule has 0 aliphatic carbocycles. The molecule has 1 aromatic heterocycles. The predicted molar refractivity (Wildman–Crippen MR) is 114 cm³/mol. The van der Waals surface area contributed by atoms with E-state index in [1.165, 1.54) is 6.08 Å².